The Balaban J connectivity index is 6.73. The number of nitrogens with one attached hydrogen (secondary N) is 19. The number of aliphatic hydroxyl groups is 2. The lowest BCUT2D eigenvalue weighted by Gasteiger charge is -2.31. The molecule has 0 fully saturated rings. The minimum atomic E-state index is -1.94. The maximum Gasteiger partial charge on any atom is 0.326 e. The number of hydrogen-bond acceptors (Lipinski definition) is 32. The maximum atomic E-state index is 14.5. The highest BCUT2D eigenvalue weighted by Gasteiger charge is 2.42. The van der Waals surface area contributed by atoms with Gasteiger partial charge in [-0.2, -0.15) is 0 Å². The monoisotopic (exact) mass is 2070 g/mol. The van der Waals surface area contributed by atoms with Gasteiger partial charge < -0.3 is 171 Å². The van der Waals surface area contributed by atoms with Crippen LogP contribution in [0.2, 0.25) is 0 Å². The van der Waals surface area contributed by atoms with Crippen LogP contribution < -0.4 is 135 Å². The Hall–Kier alpha value is -14.0. The number of carboxylic acids is 5. The Morgan fingerprint density at radius 1 is 0.255 bits per heavy atom. The molecule has 0 saturated heterocycles. The molecule has 0 bridgehead atoms. The molecule has 58 heteroatoms. The molecular weight excluding hydrogens is 1920 g/mol. The molecule has 0 aromatic heterocycles. The van der Waals surface area contributed by atoms with E-state index in [0.717, 1.165) is 6.92 Å². The summed E-state index contributed by atoms with van der Waals surface area (Å²) in [7, 11) is 0. The van der Waals surface area contributed by atoms with Crippen LogP contribution in [0.15, 0.2) is 0 Å². The van der Waals surface area contributed by atoms with Gasteiger partial charge in [0.05, 0.1) is 45.2 Å². The van der Waals surface area contributed by atoms with E-state index in [2.05, 4.69) is 95.7 Å². The van der Waals surface area contributed by atoms with Crippen LogP contribution >= 0.6 is 0 Å². The molecule has 0 aromatic carbocycles. The van der Waals surface area contributed by atoms with Crippen molar-refractivity contribution in [3.8, 4) is 0 Å². The highest BCUT2D eigenvalue weighted by atomic mass is 16.4. The summed E-state index contributed by atoms with van der Waals surface area (Å²) >= 11 is 0. The maximum absolute atomic E-state index is 14.5. The summed E-state index contributed by atoms with van der Waals surface area (Å²) in [5.74, 6) is -33.8. The topological polar surface area (TPSA) is 970 Å². The molecule has 38 N–H and O–H groups in total. The first-order chi connectivity index (χ1) is 67.9. The summed E-state index contributed by atoms with van der Waals surface area (Å²) < 4.78 is 0. The molecule has 820 valence electrons. The van der Waals surface area contributed by atoms with Crippen molar-refractivity contribution in [2.75, 3.05) is 45.9 Å². The zero-order valence-corrected chi connectivity index (χ0v) is 83.2. The van der Waals surface area contributed by atoms with Gasteiger partial charge in [-0.05, 0) is 148 Å². The summed E-state index contributed by atoms with van der Waals surface area (Å²) in [5, 5.41) is 112. The number of aliphatic hydroxyl groups excluding tert-OH is 2. The number of hydrogen-bond donors (Lipinski definition) is 32. The van der Waals surface area contributed by atoms with Gasteiger partial charge in [0, 0.05) is 25.7 Å². The average molecular weight is 2070 g/mol. The molecule has 58 nitrogen and oxygen atoms in total. The Morgan fingerprint density at radius 3 is 0.931 bits per heavy atom. The van der Waals surface area contributed by atoms with E-state index in [9.17, 15) is 155 Å². The molecule has 0 heterocycles. The third kappa shape index (κ3) is 51.7. The van der Waals surface area contributed by atoms with E-state index in [1.54, 1.807) is 13.8 Å². The van der Waals surface area contributed by atoms with E-state index < -0.39 is 370 Å². The summed E-state index contributed by atoms with van der Waals surface area (Å²) in [4.78, 5) is 344. The summed E-state index contributed by atoms with van der Waals surface area (Å²) in [6.07, 6.45) is -5.79. The second kappa shape index (κ2) is 69.0. The quantitative estimate of drug-likeness (QED) is 0.0251. The van der Waals surface area contributed by atoms with Crippen molar-refractivity contribution in [1.82, 2.24) is 101 Å². The van der Waals surface area contributed by atoms with Crippen molar-refractivity contribution in [2.24, 2.45) is 58.1 Å². The summed E-state index contributed by atoms with van der Waals surface area (Å²) in [6, 6.07) is -29.7. The van der Waals surface area contributed by atoms with Crippen molar-refractivity contribution in [1.29, 1.82) is 0 Å². The molecule has 0 radical (unpaired) electrons. The molecule has 21 amide bonds. The van der Waals surface area contributed by atoms with E-state index >= 15 is 0 Å². The van der Waals surface area contributed by atoms with E-state index in [-0.39, 0.29) is 83.8 Å². The highest BCUT2D eigenvalue weighted by Crippen LogP contribution is 2.18. The third-order valence-corrected chi connectivity index (χ3v) is 22.5. The lowest BCUT2D eigenvalue weighted by Crippen LogP contribution is -2.62. The molecule has 145 heavy (non-hydrogen) atoms. The predicted octanol–water partition coefficient (Wildman–Crippen LogP) is -12.1. The fraction of sp³-hybridized carbons (Fsp3) is 0.701. The van der Waals surface area contributed by atoms with Crippen molar-refractivity contribution >= 4 is 154 Å². The minimum absolute atomic E-state index is 0.0348. The van der Waals surface area contributed by atoms with Gasteiger partial charge in [-0.15, -0.1) is 0 Å². The van der Waals surface area contributed by atoms with Gasteiger partial charge in [-0.3, -0.25) is 120 Å². The fourth-order valence-corrected chi connectivity index (χ4v) is 13.4. The summed E-state index contributed by atoms with van der Waals surface area (Å²) in [6.45, 7) is 11.7. The average Bonchev–Trinajstić information content (AvgIpc) is 0.836. The van der Waals surface area contributed by atoms with Crippen molar-refractivity contribution < 1.29 is 160 Å². The molecule has 0 aliphatic carbocycles. The van der Waals surface area contributed by atoms with Gasteiger partial charge in [-0.1, -0.05) is 68.2 Å². The normalized spacial score (nSPS) is 15.2. The molecule has 0 rings (SSSR count). The van der Waals surface area contributed by atoms with Crippen molar-refractivity contribution in [3.05, 3.63) is 0 Å². The number of carboxylic acid groups (broad SMARTS) is 5. The SMILES string of the molecule is CC[C@H](C)[C@H](NC(=O)[C@H](CCC(=O)O)NC(=O)[C@H](CCCCN)NC(=O)[C@@H](N)CCC(=O)O)C(=O)N[C@H](C(=O)N[C@@H](CO)C(=O)N[C@@H](CCCCN)C(=O)N[C@@H](CCC(=O)O)C(=O)N[C@@H](CCC(N)=O)C(=O)NCC(=O)N[C@@H](CC(N)=O)C(=O)N[C@H](C(=O)N[C@@H](CCCCN)C(=O)N[C@@H](C)C(=O)N[C@@H](C)C(=O)NCC(=O)N[C@@H](C)C(=O)N[C@@H](CO)C(=O)N[C@@H](CC(=O)O)C(=O)N[C@H](C(=O)O)C(C)C)C(C)C)[C@@H](C)CC. The molecule has 0 aliphatic rings. The van der Waals surface area contributed by atoms with Crippen LogP contribution in [0.3, 0.4) is 0 Å². The Morgan fingerprint density at radius 2 is 0.538 bits per heavy atom. The first-order valence-corrected chi connectivity index (χ1v) is 47.3. The van der Waals surface area contributed by atoms with Crippen LogP contribution in [-0.2, 0) is 125 Å². The first-order valence-electron chi connectivity index (χ1n) is 47.3. The number of aliphatic carboxylic acids is 5. The first kappa shape index (κ1) is 131. The molecule has 0 saturated carbocycles. The second-order valence-corrected chi connectivity index (χ2v) is 35.3. The third-order valence-electron chi connectivity index (χ3n) is 22.5. The van der Waals surface area contributed by atoms with Crippen LogP contribution in [0.1, 0.15) is 211 Å². The Kier molecular flexibility index (Phi) is 62.4. The van der Waals surface area contributed by atoms with E-state index in [1.165, 1.54) is 55.4 Å². The van der Waals surface area contributed by atoms with E-state index in [1.807, 2.05) is 5.32 Å². The van der Waals surface area contributed by atoms with Crippen LogP contribution in [0.4, 0.5) is 0 Å². The minimum Gasteiger partial charge on any atom is -0.481 e. The van der Waals surface area contributed by atoms with Gasteiger partial charge in [0.15, 0.2) is 0 Å². The van der Waals surface area contributed by atoms with E-state index in [0.29, 0.717) is 12.8 Å². The van der Waals surface area contributed by atoms with Crippen molar-refractivity contribution in [2.45, 2.75) is 320 Å². The van der Waals surface area contributed by atoms with Crippen LogP contribution in [0.25, 0.3) is 0 Å². The number of carbonyl (C=O) groups excluding carboxylic acids is 21. The van der Waals surface area contributed by atoms with Gasteiger partial charge in [0.25, 0.3) is 0 Å². The van der Waals surface area contributed by atoms with Crippen LogP contribution in [0, 0.1) is 23.7 Å². The number of nitrogens with two attached hydrogens (primary N) is 6. The number of rotatable bonds is 75. The molecular formula is C87H149N25O33. The van der Waals surface area contributed by atoms with Crippen LogP contribution in [-0.4, -0.2) is 344 Å². The molecule has 20 atom stereocenters. The largest absolute Gasteiger partial charge is 0.481 e. The van der Waals surface area contributed by atoms with Gasteiger partial charge in [0.1, 0.15) is 103 Å². The standard InChI is InChI=1S/C87H149N25O33/c1-12-42(7)68(112-86(143)69(43(8)13-2)111-79(136)53(26-30-64(123)124)104-76(133)49(21-15-18-32-89)100-73(130)47(91)23-28-62(119)120)85(142)108-57(39-114)82(139)101-50(22-16-19-33-90)77(134)103-52(25-29-63(121)122)78(135)102-51(24-27-58(92)115)74(131)95-37-61(118)99-54(34-59(93)116)80(137)109-66(40(3)4)84(141)105-48(20-14-17-31-88)75(132)98-46(11)71(128)97-44(9)70(127)94-36-60(117)96-45(10)72(129)107-56(38-113)83(140)106-55(35-65(125)126)81(138)110-67(41(5)6)87(144)145/h40-57,66-69,113-114H,12-39,88-91H2,1-11H3,(H2,92,115)(H2,93,116)(H,94,127)(H,95,131)(H,96,117)(H,97,128)(H,98,132)(H,99,118)(H,100,130)(H,101,139)(H,102,135)(H,103,134)(H,104,133)(H,105,141)(H,106,140)(H,107,129)(H,108,142)(H,109,137)(H,110,138)(H,111,136)(H,112,143)(H,119,120)(H,121,122)(H,123,124)(H,125,126)(H,144,145)/t42-,43-,44-,45-,46-,47-,48-,49-,50-,51-,52-,53-,54-,55-,56-,57-,66-,67-,68-,69-/m0/s1. The van der Waals surface area contributed by atoms with Gasteiger partial charge in [0.2, 0.25) is 124 Å². The molecule has 0 aromatic rings. The van der Waals surface area contributed by atoms with Crippen LogP contribution in [0.5, 0.6) is 0 Å². The van der Waals surface area contributed by atoms with Gasteiger partial charge >= 0.3 is 29.8 Å². The second-order valence-electron chi connectivity index (χ2n) is 35.3. The molecule has 0 spiro atoms. The summed E-state index contributed by atoms with van der Waals surface area (Å²) in [5.41, 5.74) is 33.9. The zero-order valence-electron chi connectivity index (χ0n) is 83.2. The smallest absolute Gasteiger partial charge is 0.326 e. The number of unbranched alkanes of at least 4 members (excludes halogenated alkanes) is 3. The Labute approximate surface area is 835 Å². The highest BCUT2D eigenvalue weighted by molar-refractivity contribution is 6.03. The number of amides is 21. The number of primary amides is 2. The van der Waals surface area contributed by atoms with Crippen molar-refractivity contribution in [3.63, 3.8) is 0 Å². The molecule has 0 aliphatic heterocycles. The molecule has 0 unspecified atom stereocenters. The van der Waals surface area contributed by atoms with Gasteiger partial charge in [-0.25, -0.2) is 4.79 Å². The van der Waals surface area contributed by atoms with E-state index in [4.69, 9.17) is 39.5 Å². The number of carbonyl (C=O) groups is 26. The Bertz CT molecular complexity index is 4430. The fourth-order valence-electron chi connectivity index (χ4n) is 13.4. The zero-order chi connectivity index (χ0) is 111. The lowest BCUT2D eigenvalue weighted by molar-refractivity contribution is -0.145. The predicted molar refractivity (Wildman–Crippen MR) is 508 cm³/mol. The lowest BCUT2D eigenvalue weighted by atomic mass is 9.94.